The maximum Gasteiger partial charge on any atom is 0.210 e. The number of aromatic nitrogens is 3. The molecule has 1 aromatic carbocycles. The Morgan fingerprint density at radius 3 is 2.54 bits per heavy atom. The maximum absolute atomic E-state index is 6.00. The van der Waals surface area contributed by atoms with Crippen LogP contribution in [0, 0.1) is 0 Å². The van der Waals surface area contributed by atoms with E-state index in [4.69, 9.17) is 16.6 Å². The van der Waals surface area contributed by atoms with Crippen molar-refractivity contribution < 1.29 is 0 Å². The lowest BCUT2D eigenvalue weighted by Gasteiger charge is -2.24. The van der Waals surface area contributed by atoms with E-state index in [1.807, 2.05) is 60.3 Å². The Morgan fingerprint density at radius 2 is 1.88 bits per heavy atom. The zero-order valence-electron chi connectivity index (χ0n) is 14.9. The van der Waals surface area contributed by atoms with Gasteiger partial charge in [-0.2, -0.15) is 0 Å². The third-order valence-electron chi connectivity index (χ3n) is 4.11. The number of imidazole rings is 1. The average Bonchev–Trinajstić information content (AvgIpc) is 3.03. The predicted molar refractivity (Wildman–Crippen MR) is 108 cm³/mol. The Morgan fingerprint density at radius 1 is 1.19 bits per heavy atom. The number of pyridine rings is 1. The zero-order chi connectivity index (χ0) is 18.5. The van der Waals surface area contributed by atoms with E-state index in [1.54, 1.807) is 18.5 Å². The van der Waals surface area contributed by atoms with Gasteiger partial charge in [-0.05, 0) is 42.8 Å². The van der Waals surface area contributed by atoms with Crippen molar-refractivity contribution in [1.29, 1.82) is 0 Å². The smallest absolute Gasteiger partial charge is 0.210 e. The molecule has 0 aliphatic rings. The van der Waals surface area contributed by atoms with Gasteiger partial charge in [-0.3, -0.25) is 4.98 Å². The van der Waals surface area contributed by atoms with Crippen LogP contribution >= 0.6 is 11.6 Å². The van der Waals surface area contributed by atoms with E-state index in [0.717, 1.165) is 28.5 Å². The molecule has 2 heterocycles. The Balaban J connectivity index is 1.99. The summed E-state index contributed by atoms with van der Waals surface area (Å²) in [5.74, 6) is 0.863. The molecule has 3 aromatic rings. The first kappa shape index (κ1) is 18.0. The number of anilines is 1. The van der Waals surface area contributed by atoms with Crippen LogP contribution in [0.2, 0.25) is 5.02 Å². The number of rotatable bonds is 6. The largest absolute Gasteiger partial charge is 0.319 e. The van der Waals surface area contributed by atoms with Crippen LogP contribution in [-0.2, 0) is 13.6 Å². The maximum atomic E-state index is 6.00. The fourth-order valence-electron chi connectivity index (χ4n) is 2.75. The first-order chi connectivity index (χ1) is 12.6. The van der Waals surface area contributed by atoms with Gasteiger partial charge in [0.05, 0.1) is 12.2 Å². The topological polar surface area (TPSA) is 34.0 Å². The van der Waals surface area contributed by atoms with Gasteiger partial charge in [-0.1, -0.05) is 36.4 Å². The van der Waals surface area contributed by atoms with E-state index < -0.39 is 0 Å². The van der Waals surface area contributed by atoms with Gasteiger partial charge in [0.25, 0.3) is 0 Å². The number of hydrogen-bond acceptors (Lipinski definition) is 3. The van der Waals surface area contributed by atoms with Crippen molar-refractivity contribution in [2.24, 2.45) is 7.05 Å². The molecule has 3 rings (SSSR count). The van der Waals surface area contributed by atoms with Crippen molar-refractivity contribution in [2.45, 2.75) is 13.5 Å². The molecular weight excluding hydrogens is 344 g/mol. The molecule has 0 bridgehead atoms. The molecule has 132 valence electrons. The highest BCUT2D eigenvalue weighted by Gasteiger charge is 2.16. The quantitative estimate of drug-likeness (QED) is 0.561. The second-order valence-corrected chi connectivity index (χ2v) is 6.47. The van der Waals surface area contributed by atoms with Crippen molar-refractivity contribution in [1.82, 2.24) is 14.5 Å². The highest BCUT2D eigenvalue weighted by molar-refractivity contribution is 6.30. The Kier molecular flexibility index (Phi) is 5.54. The van der Waals surface area contributed by atoms with Crippen molar-refractivity contribution >= 4 is 17.5 Å². The van der Waals surface area contributed by atoms with Crippen molar-refractivity contribution in [3.63, 3.8) is 0 Å². The molecule has 0 unspecified atom stereocenters. The van der Waals surface area contributed by atoms with Gasteiger partial charge < -0.3 is 9.47 Å². The zero-order valence-corrected chi connectivity index (χ0v) is 15.7. The molecule has 0 amide bonds. The summed E-state index contributed by atoms with van der Waals surface area (Å²) in [5, 5.41) is 0.717. The lowest BCUT2D eigenvalue weighted by atomic mass is 10.2. The van der Waals surface area contributed by atoms with Crippen molar-refractivity contribution in [3.05, 3.63) is 90.0 Å². The number of hydrogen-bond donors (Lipinski definition) is 0. The molecule has 0 saturated heterocycles. The van der Waals surface area contributed by atoms with Crippen LogP contribution in [0.15, 0.2) is 79.4 Å². The Bertz CT molecular complexity index is 911. The highest BCUT2D eigenvalue weighted by Crippen LogP contribution is 2.26. The van der Waals surface area contributed by atoms with Gasteiger partial charge in [0.2, 0.25) is 5.95 Å². The monoisotopic (exact) mass is 364 g/mol. The minimum atomic E-state index is 0.698. The predicted octanol–water partition coefficient (Wildman–Crippen LogP) is 5.23. The van der Waals surface area contributed by atoms with E-state index in [9.17, 15) is 0 Å². The third kappa shape index (κ3) is 4.03. The normalized spacial score (nSPS) is 11.4. The number of allylic oxidation sites excluding steroid dienone is 3. The van der Waals surface area contributed by atoms with E-state index in [2.05, 4.69) is 23.4 Å². The first-order valence-corrected chi connectivity index (χ1v) is 8.71. The molecule has 0 saturated carbocycles. The average molecular weight is 365 g/mol. The Labute approximate surface area is 159 Å². The highest BCUT2D eigenvalue weighted by atomic mass is 35.5. The molecule has 0 fully saturated rings. The van der Waals surface area contributed by atoms with E-state index >= 15 is 0 Å². The van der Waals surface area contributed by atoms with Crippen LogP contribution in [0.4, 0.5) is 5.95 Å². The lowest BCUT2D eigenvalue weighted by molar-refractivity contribution is 0.802. The standard InChI is InChI=1S/C21H21ClN4/c1-4-5-16(2)26(14-17-10-12-23-13-11-17)21-24-20(15-25(21)3)18-6-8-19(22)9-7-18/h4-13,15H,1,14H2,2-3H3/b16-5-. The molecule has 0 N–H and O–H groups in total. The molecule has 0 atom stereocenters. The summed E-state index contributed by atoms with van der Waals surface area (Å²) in [6.07, 6.45) is 9.41. The van der Waals surface area contributed by atoms with Crippen molar-refractivity contribution in [2.75, 3.05) is 4.90 Å². The summed E-state index contributed by atoms with van der Waals surface area (Å²) in [5.41, 5.74) is 4.16. The second kappa shape index (κ2) is 8.02. The molecule has 26 heavy (non-hydrogen) atoms. The summed E-state index contributed by atoms with van der Waals surface area (Å²) < 4.78 is 2.03. The van der Waals surface area contributed by atoms with E-state index in [0.29, 0.717) is 11.6 Å². The van der Waals surface area contributed by atoms with Crippen LogP contribution in [0.25, 0.3) is 11.3 Å². The number of benzene rings is 1. The van der Waals surface area contributed by atoms with Gasteiger partial charge in [0.15, 0.2) is 0 Å². The van der Waals surface area contributed by atoms with Crippen LogP contribution < -0.4 is 4.90 Å². The number of halogens is 1. The molecular formula is C21H21ClN4. The summed E-state index contributed by atoms with van der Waals surface area (Å²) in [4.78, 5) is 11.1. The van der Waals surface area contributed by atoms with Crippen LogP contribution in [0.1, 0.15) is 12.5 Å². The van der Waals surface area contributed by atoms with Gasteiger partial charge in [-0.15, -0.1) is 0 Å². The number of aryl methyl sites for hydroxylation is 1. The molecule has 0 spiro atoms. The van der Waals surface area contributed by atoms with E-state index in [1.165, 1.54) is 0 Å². The summed E-state index contributed by atoms with van der Waals surface area (Å²) >= 11 is 6.00. The third-order valence-corrected chi connectivity index (χ3v) is 4.36. The minimum Gasteiger partial charge on any atom is -0.319 e. The van der Waals surface area contributed by atoms with Gasteiger partial charge in [-0.25, -0.2) is 4.98 Å². The fraction of sp³-hybridized carbons (Fsp3) is 0.143. The van der Waals surface area contributed by atoms with Crippen molar-refractivity contribution in [3.8, 4) is 11.3 Å². The summed E-state index contributed by atoms with van der Waals surface area (Å²) in [6, 6.07) is 11.7. The van der Waals surface area contributed by atoms with Crippen LogP contribution in [0.5, 0.6) is 0 Å². The lowest BCUT2D eigenvalue weighted by Crippen LogP contribution is -2.23. The van der Waals surface area contributed by atoms with Crippen LogP contribution in [-0.4, -0.2) is 14.5 Å². The van der Waals surface area contributed by atoms with Gasteiger partial charge in [0.1, 0.15) is 0 Å². The number of nitrogens with zero attached hydrogens (tertiary/aromatic N) is 4. The van der Waals surface area contributed by atoms with Crippen LogP contribution in [0.3, 0.4) is 0 Å². The minimum absolute atomic E-state index is 0.698. The molecule has 0 radical (unpaired) electrons. The molecule has 5 heteroatoms. The van der Waals surface area contributed by atoms with Gasteiger partial charge in [0, 0.05) is 41.9 Å². The molecule has 0 aliphatic carbocycles. The molecule has 4 nitrogen and oxygen atoms in total. The van der Waals surface area contributed by atoms with E-state index in [-0.39, 0.29) is 0 Å². The first-order valence-electron chi connectivity index (χ1n) is 8.33. The summed E-state index contributed by atoms with van der Waals surface area (Å²) in [6.45, 7) is 6.57. The summed E-state index contributed by atoms with van der Waals surface area (Å²) in [7, 11) is 2.00. The Hall–Kier alpha value is -2.85. The molecule has 2 aromatic heterocycles. The fourth-order valence-corrected chi connectivity index (χ4v) is 2.88. The SMILES string of the molecule is C=C/C=C(/C)N(Cc1ccncc1)c1nc(-c2ccc(Cl)cc2)cn1C. The van der Waals surface area contributed by atoms with Gasteiger partial charge >= 0.3 is 0 Å². The second-order valence-electron chi connectivity index (χ2n) is 6.03. The molecule has 0 aliphatic heterocycles.